The highest BCUT2D eigenvalue weighted by Crippen LogP contribution is 2.40. The van der Waals surface area contributed by atoms with E-state index in [2.05, 4.69) is 30.1 Å². The summed E-state index contributed by atoms with van der Waals surface area (Å²) < 4.78 is 14.9. The minimum absolute atomic E-state index is 0.0888. The summed E-state index contributed by atoms with van der Waals surface area (Å²) in [5.41, 5.74) is 4.32. The Labute approximate surface area is 214 Å². The lowest BCUT2D eigenvalue weighted by Gasteiger charge is -2.34. The van der Waals surface area contributed by atoms with Gasteiger partial charge in [-0.2, -0.15) is 0 Å². The lowest BCUT2D eigenvalue weighted by Crippen LogP contribution is -2.48. The molecular formula is C28H28FN5O3. The van der Waals surface area contributed by atoms with Gasteiger partial charge in [0.05, 0.1) is 5.56 Å². The number of rotatable bonds is 4. The molecule has 0 spiro atoms. The standard InChI is InChI=1S/C28H28FN5O3/c1-16(2)18-7-4-5-8-19(18)25-21-15-20(24-22(29)9-6-10-23(24)35)17(3)30-26(21)27(32-31-25)33-11-13-34(14-12-33)28(36)37/h4-10,15-16,35H,11-14H2,1-3H3,(H,36,37). The molecule has 4 aromatic rings. The summed E-state index contributed by atoms with van der Waals surface area (Å²) in [7, 11) is 0. The van der Waals surface area contributed by atoms with E-state index in [1.807, 2.05) is 29.2 Å². The van der Waals surface area contributed by atoms with Crippen molar-refractivity contribution < 1.29 is 19.4 Å². The zero-order valence-corrected chi connectivity index (χ0v) is 20.9. The van der Waals surface area contributed by atoms with Crippen LogP contribution in [-0.2, 0) is 0 Å². The third-order valence-electron chi connectivity index (χ3n) is 6.87. The molecule has 3 heterocycles. The maximum atomic E-state index is 14.9. The van der Waals surface area contributed by atoms with E-state index in [1.165, 1.54) is 23.1 Å². The molecule has 0 saturated carbocycles. The molecule has 1 aliphatic heterocycles. The average molecular weight is 502 g/mol. The number of phenols is 1. The Hall–Kier alpha value is -4.27. The number of pyridine rings is 1. The second-order valence-corrected chi connectivity index (χ2v) is 9.52. The Morgan fingerprint density at radius 1 is 1.00 bits per heavy atom. The van der Waals surface area contributed by atoms with Crippen LogP contribution in [0.5, 0.6) is 5.75 Å². The van der Waals surface area contributed by atoms with Crippen LogP contribution in [0.4, 0.5) is 15.0 Å². The van der Waals surface area contributed by atoms with Gasteiger partial charge in [-0.05, 0) is 36.6 Å². The third-order valence-corrected chi connectivity index (χ3v) is 6.87. The third kappa shape index (κ3) is 4.41. The smallest absolute Gasteiger partial charge is 0.407 e. The van der Waals surface area contributed by atoms with Gasteiger partial charge in [-0.3, -0.25) is 0 Å². The first-order chi connectivity index (χ1) is 17.8. The van der Waals surface area contributed by atoms with Crippen molar-refractivity contribution in [3.63, 3.8) is 0 Å². The quantitative estimate of drug-likeness (QED) is 0.384. The Morgan fingerprint density at radius 3 is 2.41 bits per heavy atom. The van der Waals surface area contributed by atoms with Crippen molar-refractivity contribution in [3.05, 3.63) is 65.6 Å². The lowest BCUT2D eigenvalue weighted by atomic mass is 9.92. The molecule has 2 N–H and O–H groups in total. The van der Waals surface area contributed by atoms with Crippen molar-refractivity contribution in [1.29, 1.82) is 0 Å². The second-order valence-electron chi connectivity index (χ2n) is 9.52. The molecule has 1 aliphatic rings. The van der Waals surface area contributed by atoms with E-state index >= 15 is 0 Å². The first-order valence-corrected chi connectivity index (χ1v) is 12.2. The fourth-order valence-electron chi connectivity index (χ4n) is 4.92. The van der Waals surface area contributed by atoms with Crippen molar-refractivity contribution in [2.45, 2.75) is 26.7 Å². The summed E-state index contributed by atoms with van der Waals surface area (Å²) in [6.07, 6.45) is -0.945. The molecule has 0 bridgehead atoms. The summed E-state index contributed by atoms with van der Waals surface area (Å²) in [5.74, 6) is 0.0735. The first kappa shape index (κ1) is 24.4. The number of halogens is 1. The Balaban J connectivity index is 1.75. The van der Waals surface area contributed by atoms with Crippen LogP contribution in [0, 0.1) is 12.7 Å². The molecular weight excluding hydrogens is 473 g/mol. The van der Waals surface area contributed by atoms with E-state index in [1.54, 1.807) is 6.92 Å². The van der Waals surface area contributed by atoms with Crippen molar-refractivity contribution in [2.75, 3.05) is 31.1 Å². The Kier molecular flexibility index (Phi) is 6.37. The summed E-state index contributed by atoms with van der Waals surface area (Å²) in [6, 6.07) is 14.0. The summed E-state index contributed by atoms with van der Waals surface area (Å²) in [6.45, 7) is 7.58. The number of aromatic hydroxyl groups is 1. The molecule has 0 atom stereocenters. The number of aromatic nitrogens is 3. The second kappa shape index (κ2) is 9.65. The topological polar surface area (TPSA) is 103 Å². The van der Waals surface area contributed by atoms with Gasteiger partial charge in [-0.1, -0.05) is 44.2 Å². The van der Waals surface area contributed by atoms with E-state index in [9.17, 15) is 19.4 Å². The highest BCUT2D eigenvalue weighted by molar-refractivity contribution is 6.01. The number of fused-ring (bicyclic) bond motifs is 1. The first-order valence-electron chi connectivity index (χ1n) is 12.2. The van der Waals surface area contributed by atoms with E-state index in [-0.39, 0.29) is 17.2 Å². The number of carboxylic acid groups (broad SMARTS) is 1. The van der Waals surface area contributed by atoms with Crippen molar-refractivity contribution >= 4 is 22.8 Å². The van der Waals surface area contributed by atoms with Gasteiger partial charge >= 0.3 is 6.09 Å². The Bertz CT molecular complexity index is 1480. The molecule has 0 unspecified atom stereocenters. The van der Waals surface area contributed by atoms with Crippen LogP contribution in [0.2, 0.25) is 0 Å². The summed E-state index contributed by atoms with van der Waals surface area (Å²) >= 11 is 0. The fraction of sp³-hybridized carbons (Fsp3) is 0.286. The van der Waals surface area contributed by atoms with E-state index < -0.39 is 11.9 Å². The number of aryl methyl sites for hydroxylation is 1. The van der Waals surface area contributed by atoms with Gasteiger partial charge in [0.1, 0.15) is 22.8 Å². The number of benzene rings is 2. The van der Waals surface area contributed by atoms with Gasteiger partial charge in [-0.15, -0.1) is 10.2 Å². The normalized spacial score (nSPS) is 14.0. The number of phenolic OH excluding ortho intramolecular Hbond substituents is 1. The van der Waals surface area contributed by atoms with E-state index in [0.29, 0.717) is 59.9 Å². The maximum absolute atomic E-state index is 14.9. The van der Waals surface area contributed by atoms with E-state index in [4.69, 9.17) is 4.98 Å². The van der Waals surface area contributed by atoms with Crippen LogP contribution < -0.4 is 4.90 Å². The molecule has 8 nitrogen and oxygen atoms in total. The van der Waals surface area contributed by atoms with Gasteiger partial charge in [-0.25, -0.2) is 14.2 Å². The van der Waals surface area contributed by atoms with Gasteiger partial charge in [0.2, 0.25) is 0 Å². The van der Waals surface area contributed by atoms with Crippen LogP contribution in [0.25, 0.3) is 33.3 Å². The minimum Gasteiger partial charge on any atom is -0.507 e. The highest BCUT2D eigenvalue weighted by Gasteiger charge is 2.26. The average Bonchev–Trinajstić information content (AvgIpc) is 2.88. The summed E-state index contributed by atoms with van der Waals surface area (Å²) in [5, 5.41) is 29.8. The van der Waals surface area contributed by atoms with Crippen LogP contribution in [0.15, 0.2) is 48.5 Å². The van der Waals surface area contributed by atoms with Crippen LogP contribution >= 0.6 is 0 Å². The predicted molar refractivity (Wildman–Crippen MR) is 140 cm³/mol. The number of hydrogen-bond acceptors (Lipinski definition) is 6. The molecule has 1 amide bonds. The molecule has 9 heteroatoms. The Morgan fingerprint density at radius 2 is 1.73 bits per heavy atom. The zero-order chi connectivity index (χ0) is 26.3. The molecule has 1 fully saturated rings. The van der Waals surface area contributed by atoms with Gasteiger partial charge in [0.25, 0.3) is 0 Å². The van der Waals surface area contributed by atoms with Gasteiger partial charge in [0, 0.05) is 48.4 Å². The number of nitrogens with zero attached hydrogens (tertiary/aromatic N) is 5. The highest BCUT2D eigenvalue weighted by atomic mass is 19.1. The fourth-order valence-corrected chi connectivity index (χ4v) is 4.92. The molecule has 5 rings (SSSR count). The SMILES string of the molecule is Cc1nc2c(N3CCN(C(=O)O)CC3)nnc(-c3ccccc3C(C)C)c2cc1-c1c(O)cccc1F. The van der Waals surface area contributed by atoms with Crippen LogP contribution in [0.3, 0.4) is 0 Å². The predicted octanol–water partition coefficient (Wildman–Crippen LogP) is 5.44. The molecule has 2 aromatic carbocycles. The number of hydrogen-bond donors (Lipinski definition) is 2. The van der Waals surface area contributed by atoms with Gasteiger partial charge < -0.3 is 20.0 Å². The van der Waals surface area contributed by atoms with Crippen LogP contribution in [-0.4, -0.2) is 62.6 Å². The van der Waals surface area contributed by atoms with Crippen LogP contribution in [0.1, 0.15) is 31.0 Å². The lowest BCUT2D eigenvalue weighted by molar-refractivity contribution is 0.142. The molecule has 190 valence electrons. The molecule has 37 heavy (non-hydrogen) atoms. The number of piperazine rings is 1. The molecule has 0 radical (unpaired) electrons. The van der Waals surface area contributed by atoms with Gasteiger partial charge in [0.15, 0.2) is 5.82 Å². The number of amides is 1. The molecule has 0 aliphatic carbocycles. The van der Waals surface area contributed by atoms with Crippen molar-refractivity contribution in [2.24, 2.45) is 0 Å². The van der Waals surface area contributed by atoms with Crippen molar-refractivity contribution in [3.8, 4) is 28.1 Å². The van der Waals surface area contributed by atoms with E-state index in [0.717, 1.165) is 11.1 Å². The molecule has 1 saturated heterocycles. The molecule has 2 aromatic heterocycles. The number of anilines is 1. The maximum Gasteiger partial charge on any atom is 0.407 e. The monoisotopic (exact) mass is 501 g/mol. The number of carbonyl (C=O) groups is 1. The largest absolute Gasteiger partial charge is 0.507 e. The minimum atomic E-state index is -0.945. The summed E-state index contributed by atoms with van der Waals surface area (Å²) in [4.78, 5) is 19.6. The van der Waals surface area contributed by atoms with Crippen molar-refractivity contribution in [1.82, 2.24) is 20.1 Å². The zero-order valence-electron chi connectivity index (χ0n) is 20.9.